The fourth-order valence-corrected chi connectivity index (χ4v) is 7.06. The Morgan fingerprint density at radius 1 is 1.00 bits per heavy atom. The average molecular weight is 421 g/mol. The van der Waals surface area contributed by atoms with Gasteiger partial charge in [0.2, 0.25) is 0 Å². The topological polar surface area (TPSA) is 0 Å². The SMILES string of the molecule is CCCCC1CC1(C)C1C=CC(CC2CCC(CC3=CC=C(CC)C(C)C3)CC2)=CC1. The van der Waals surface area contributed by atoms with E-state index in [1.165, 1.54) is 83.5 Å². The normalized spacial score (nSPS) is 37.8. The highest BCUT2D eigenvalue weighted by Crippen LogP contribution is 2.61. The summed E-state index contributed by atoms with van der Waals surface area (Å²) in [4.78, 5) is 0. The van der Waals surface area contributed by atoms with E-state index in [1.807, 2.05) is 0 Å². The Hall–Kier alpha value is -1.04. The van der Waals surface area contributed by atoms with Gasteiger partial charge in [-0.1, -0.05) is 87.6 Å². The summed E-state index contributed by atoms with van der Waals surface area (Å²) in [7, 11) is 0. The van der Waals surface area contributed by atoms with Gasteiger partial charge in [-0.2, -0.15) is 0 Å². The molecule has 0 aromatic carbocycles. The smallest absolute Gasteiger partial charge is 0.0139 e. The van der Waals surface area contributed by atoms with Crippen molar-refractivity contribution in [2.75, 3.05) is 0 Å². The van der Waals surface area contributed by atoms with Crippen molar-refractivity contribution in [1.29, 1.82) is 0 Å². The van der Waals surface area contributed by atoms with Crippen molar-refractivity contribution in [3.63, 3.8) is 0 Å². The largest absolute Gasteiger partial charge is 0.0807 e. The zero-order valence-corrected chi connectivity index (χ0v) is 21.0. The molecule has 0 aromatic rings. The van der Waals surface area contributed by atoms with Gasteiger partial charge in [0.25, 0.3) is 0 Å². The molecule has 4 aliphatic rings. The van der Waals surface area contributed by atoms with Gasteiger partial charge in [-0.05, 0) is 106 Å². The molecular formula is C31H48. The standard InChI is InChI=1S/C31H48/c1-5-7-8-30-22-31(30,4)29-17-14-26(15-18-29)20-24-9-11-25(12-10-24)21-27-13-16-28(6-2)23(3)19-27/h13-17,23-25,29-30H,5-12,18-22H2,1-4H3. The summed E-state index contributed by atoms with van der Waals surface area (Å²) in [6.45, 7) is 9.61. The summed E-state index contributed by atoms with van der Waals surface area (Å²) in [5.74, 6) is 4.46. The van der Waals surface area contributed by atoms with Gasteiger partial charge in [-0.25, -0.2) is 0 Å². The van der Waals surface area contributed by atoms with E-state index in [9.17, 15) is 0 Å². The molecule has 4 rings (SSSR count). The molecule has 0 aromatic heterocycles. The van der Waals surface area contributed by atoms with Crippen molar-refractivity contribution in [3.8, 4) is 0 Å². The molecule has 4 atom stereocenters. The first-order valence-corrected chi connectivity index (χ1v) is 13.8. The lowest BCUT2D eigenvalue weighted by molar-refractivity contribution is 0.269. The lowest BCUT2D eigenvalue weighted by Crippen LogP contribution is -2.18. The minimum atomic E-state index is 0.615. The van der Waals surface area contributed by atoms with Gasteiger partial charge in [0.15, 0.2) is 0 Å². The number of hydrogen-bond acceptors (Lipinski definition) is 0. The van der Waals surface area contributed by atoms with Crippen LogP contribution in [0, 0.1) is 35.0 Å². The second-order valence-corrected chi connectivity index (χ2v) is 11.8. The first-order chi connectivity index (χ1) is 15.0. The van der Waals surface area contributed by atoms with Crippen molar-refractivity contribution in [2.24, 2.45) is 35.0 Å². The molecule has 0 aliphatic heterocycles. The highest BCUT2D eigenvalue weighted by molar-refractivity contribution is 5.28. The third-order valence-corrected chi connectivity index (χ3v) is 9.57. The number of rotatable bonds is 9. The predicted molar refractivity (Wildman–Crippen MR) is 136 cm³/mol. The zero-order chi connectivity index (χ0) is 21.8. The Kier molecular flexibility index (Phi) is 7.66. The first-order valence-electron chi connectivity index (χ1n) is 13.8. The second-order valence-electron chi connectivity index (χ2n) is 11.8. The lowest BCUT2D eigenvalue weighted by Gasteiger charge is -2.31. The molecule has 0 bridgehead atoms. The highest BCUT2D eigenvalue weighted by Gasteiger charge is 2.53. The zero-order valence-electron chi connectivity index (χ0n) is 21.0. The minimum Gasteiger partial charge on any atom is -0.0807 e. The minimum absolute atomic E-state index is 0.615. The van der Waals surface area contributed by atoms with E-state index in [0.29, 0.717) is 5.41 Å². The number of hydrogen-bond donors (Lipinski definition) is 0. The van der Waals surface area contributed by atoms with E-state index in [-0.39, 0.29) is 0 Å². The Morgan fingerprint density at radius 3 is 2.35 bits per heavy atom. The molecule has 0 radical (unpaired) electrons. The van der Waals surface area contributed by atoms with Gasteiger partial charge in [0.1, 0.15) is 0 Å². The third-order valence-electron chi connectivity index (χ3n) is 9.57. The van der Waals surface area contributed by atoms with Gasteiger partial charge in [-0.15, -0.1) is 0 Å². The summed E-state index contributed by atoms with van der Waals surface area (Å²) in [5.41, 5.74) is 5.64. The van der Waals surface area contributed by atoms with Gasteiger partial charge >= 0.3 is 0 Å². The van der Waals surface area contributed by atoms with E-state index in [2.05, 4.69) is 58.1 Å². The molecule has 0 heteroatoms. The van der Waals surface area contributed by atoms with Crippen LogP contribution in [-0.2, 0) is 0 Å². The van der Waals surface area contributed by atoms with Crippen molar-refractivity contribution in [1.82, 2.24) is 0 Å². The maximum atomic E-state index is 2.61. The quantitative estimate of drug-likeness (QED) is 0.348. The molecule has 0 amide bonds. The summed E-state index contributed by atoms with van der Waals surface area (Å²) < 4.78 is 0. The van der Waals surface area contributed by atoms with Crippen LogP contribution in [0.3, 0.4) is 0 Å². The molecule has 31 heavy (non-hydrogen) atoms. The van der Waals surface area contributed by atoms with Crippen molar-refractivity contribution in [2.45, 2.75) is 111 Å². The summed E-state index contributed by atoms with van der Waals surface area (Å²) >= 11 is 0. The number of unbranched alkanes of at least 4 members (excludes halogenated alkanes) is 1. The summed E-state index contributed by atoms with van der Waals surface area (Å²) in [6, 6.07) is 0. The van der Waals surface area contributed by atoms with Crippen molar-refractivity contribution >= 4 is 0 Å². The van der Waals surface area contributed by atoms with Gasteiger partial charge in [0.05, 0.1) is 0 Å². The molecule has 0 nitrogen and oxygen atoms in total. The van der Waals surface area contributed by atoms with Crippen LogP contribution in [0.5, 0.6) is 0 Å². The Balaban J connectivity index is 1.18. The van der Waals surface area contributed by atoms with Crippen LogP contribution in [-0.4, -0.2) is 0 Å². The van der Waals surface area contributed by atoms with Gasteiger partial charge in [0, 0.05) is 0 Å². The van der Waals surface area contributed by atoms with Crippen LogP contribution < -0.4 is 0 Å². The second kappa shape index (κ2) is 10.3. The fourth-order valence-electron chi connectivity index (χ4n) is 7.06. The molecular weight excluding hydrogens is 372 g/mol. The summed E-state index contributed by atoms with van der Waals surface area (Å²) in [5, 5.41) is 0. The van der Waals surface area contributed by atoms with Crippen molar-refractivity contribution < 1.29 is 0 Å². The molecule has 4 aliphatic carbocycles. The van der Waals surface area contributed by atoms with E-state index in [4.69, 9.17) is 0 Å². The van der Waals surface area contributed by atoms with Crippen LogP contribution in [0.25, 0.3) is 0 Å². The average Bonchev–Trinajstić information content (AvgIpc) is 3.45. The van der Waals surface area contributed by atoms with E-state index < -0.39 is 0 Å². The third kappa shape index (κ3) is 5.66. The molecule has 0 heterocycles. The molecule has 0 N–H and O–H groups in total. The monoisotopic (exact) mass is 420 g/mol. The van der Waals surface area contributed by atoms with Crippen LogP contribution in [0.15, 0.2) is 47.1 Å². The van der Waals surface area contributed by atoms with Crippen molar-refractivity contribution in [3.05, 3.63) is 47.1 Å². The maximum absolute atomic E-state index is 2.61. The molecule has 0 saturated heterocycles. The molecule has 172 valence electrons. The Labute approximate surface area is 193 Å². The fraction of sp³-hybridized carbons (Fsp3) is 0.742. The predicted octanol–water partition coefficient (Wildman–Crippen LogP) is 9.59. The lowest BCUT2D eigenvalue weighted by atomic mass is 9.74. The Morgan fingerprint density at radius 2 is 1.74 bits per heavy atom. The van der Waals surface area contributed by atoms with Gasteiger partial charge < -0.3 is 0 Å². The van der Waals surface area contributed by atoms with Crippen LogP contribution >= 0.6 is 0 Å². The van der Waals surface area contributed by atoms with Gasteiger partial charge in [-0.3, -0.25) is 0 Å². The molecule has 4 unspecified atom stereocenters. The Bertz CT molecular complexity index is 723. The van der Waals surface area contributed by atoms with Crippen LogP contribution in [0.4, 0.5) is 0 Å². The molecule has 2 saturated carbocycles. The van der Waals surface area contributed by atoms with E-state index in [1.54, 1.807) is 16.7 Å². The van der Waals surface area contributed by atoms with Crippen LogP contribution in [0.1, 0.15) is 111 Å². The van der Waals surface area contributed by atoms with E-state index >= 15 is 0 Å². The number of allylic oxidation sites excluding steroid dienone is 8. The van der Waals surface area contributed by atoms with Crippen LogP contribution in [0.2, 0.25) is 0 Å². The highest BCUT2D eigenvalue weighted by atomic mass is 14.6. The molecule has 0 spiro atoms. The molecule has 2 fully saturated rings. The summed E-state index contributed by atoms with van der Waals surface area (Å²) in [6.07, 6.45) is 30.7. The first kappa shape index (κ1) is 23.1. The maximum Gasteiger partial charge on any atom is -0.0139 e. The van der Waals surface area contributed by atoms with E-state index in [0.717, 1.165) is 29.6 Å².